The molecule has 0 radical (unpaired) electrons. The smallest absolute Gasteiger partial charge is 0.341 e. The average molecular weight is 848 g/mol. The SMILES string of the molecule is CC(C)(C)c1cnc(-c2cc(Cl)ccc2F)nc1Nc1ccncc1C(=O)O.CO.COC(=O)c1cnccc1Nc1nc(-c2cc(Cl)ccc2F)ncc1C(C)(C)C. The molecule has 6 aromatic rings. The zero-order chi connectivity index (χ0) is 43.7. The highest BCUT2D eigenvalue weighted by atomic mass is 35.5. The minimum Gasteiger partial charge on any atom is -0.478 e. The number of carbonyl (C=O) groups excluding carboxylic acids is 1. The molecule has 0 spiro atoms. The van der Waals surface area contributed by atoms with Gasteiger partial charge in [-0.15, -0.1) is 0 Å². The highest BCUT2D eigenvalue weighted by Gasteiger charge is 2.25. The number of methoxy groups -OCH3 is 1. The molecule has 17 heteroatoms. The van der Waals surface area contributed by atoms with Gasteiger partial charge in [0.15, 0.2) is 11.6 Å². The molecular formula is C42H42Cl2F2N8O5. The van der Waals surface area contributed by atoms with Crippen molar-refractivity contribution in [2.24, 2.45) is 0 Å². The van der Waals surface area contributed by atoms with Crippen LogP contribution in [0.3, 0.4) is 0 Å². The van der Waals surface area contributed by atoms with Crippen LogP contribution in [0.15, 0.2) is 85.7 Å². The number of aliphatic hydroxyl groups is 1. The van der Waals surface area contributed by atoms with Crippen molar-refractivity contribution in [1.29, 1.82) is 0 Å². The number of aromatic carboxylic acids is 1. The van der Waals surface area contributed by atoms with E-state index in [1.54, 1.807) is 24.7 Å². The van der Waals surface area contributed by atoms with E-state index >= 15 is 0 Å². The quantitative estimate of drug-likeness (QED) is 0.106. The molecule has 4 aromatic heterocycles. The number of pyridine rings is 2. The van der Waals surface area contributed by atoms with Crippen LogP contribution in [0.25, 0.3) is 22.8 Å². The first-order valence-corrected chi connectivity index (χ1v) is 18.5. The van der Waals surface area contributed by atoms with E-state index in [1.165, 1.54) is 68.2 Å². The third kappa shape index (κ3) is 11.5. The van der Waals surface area contributed by atoms with Crippen molar-refractivity contribution >= 4 is 58.2 Å². The maximum absolute atomic E-state index is 14.3. The average Bonchev–Trinajstić information content (AvgIpc) is 3.20. The Bertz CT molecular complexity index is 2460. The van der Waals surface area contributed by atoms with Gasteiger partial charge in [0.2, 0.25) is 0 Å². The predicted octanol–water partition coefficient (Wildman–Crippen LogP) is 9.84. The zero-order valence-electron chi connectivity index (χ0n) is 33.4. The predicted molar refractivity (Wildman–Crippen MR) is 224 cm³/mol. The van der Waals surface area contributed by atoms with Crippen LogP contribution in [0.4, 0.5) is 31.8 Å². The summed E-state index contributed by atoms with van der Waals surface area (Å²) in [6, 6.07) is 11.5. The monoisotopic (exact) mass is 846 g/mol. The van der Waals surface area contributed by atoms with Gasteiger partial charge in [-0.3, -0.25) is 9.97 Å². The van der Waals surface area contributed by atoms with Crippen LogP contribution >= 0.6 is 23.2 Å². The van der Waals surface area contributed by atoms with Gasteiger partial charge in [-0.25, -0.2) is 38.3 Å². The number of carbonyl (C=O) groups is 2. The zero-order valence-corrected chi connectivity index (χ0v) is 34.9. The van der Waals surface area contributed by atoms with Crippen LogP contribution < -0.4 is 10.6 Å². The molecule has 0 unspecified atom stereocenters. The third-order valence-corrected chi connectivity index (χ3v) is 8.79. The van der Waals surface area contributed by atoms with Gasteiger partial charge in [0.05, 0.1) is 29.6 Å². The van der Waals surface area contributed by atoms with Crippen LogP contribution in [0.1, 0.15) is 73.4 Å². The van der Waals surface area contributed by atoms with Gasteiger partial charge in [-0.1, -0.05) is 64.7 Å². The van der Waals surface area contributed by atoms with Crippen LogP contribution in [0.2, 0.25) is 10.0 Å². The maximum Gasteiger partial charge on any atom is 0.341 e. The Morgan fingerprint density at radius 1 is 0.661 bits per heavy atom. The van der Waals surface area contributed by atoms with Gasteiger partial charge in [0, 0.05) is 65.5 Å². The van der Waals surface area contributed by atoms with E-state index in [1.807, 2.05) is 41.5 Å². The fourth-order valence-electron chi connectivity index (χ4n) is 5.35. The molecule has 308 valence electrons. The van der Waals surface area contributed by atoms with E-state index in [2.05, 4.69) is 40.5 Å². The molecule has 0 aliphatic heterocycles. The van der Waals surface area contributed by atoms with E-state index < -0.39 is 23.6 Å². The van der Waals surface area contributed by atoms with E-state index in [0.717, 1.165) is 18.2 Å². The number of carboxylic acid groups (broad SMARTS) is 1. The summed E-state index contributed by atoms with van der Waals surface area (Å²) in [7, 11) is 2.30. The van der Waals surface area contributed by atoms with Gasteiger partial charge in [-0.05, 0) is 59.4 Å². The summed E-state index contributed by atoms with van der Waals surface area (Å²) >= 11 is 12.0. The number of halogens is 4. The molecule has 2 aromatic carbocycles. The Kier molecular flexibility index (Phi) is 15.1. The Hall–Kier alpha value is -6.16. The molecule has 4 heterocycles. The minimum absolute atomic E-state index is 0.00328. The molecule has 0 fully saturated rings. The van der Waals surface area contributed by atoms with Crippen molar-refractivity contribution in [1.82, 2.24) is 29.9 Å². The Morgan fingerprint density at radius 2 is 1.07 bits per heavy atom. The third-order valence-electron chi connectivity index (χ3n) is 8.32. The summed E-state index contributed by atoms with van der Waals surface area (Å²) in [6.07, 6.45) is 8.93. The summed E-state index contributed by atoms with van der Waals surface area (Å²) in [5, 5.41) is 23.3. The molecule has 0 amide bonds. The maximum atomic E-state index is 14.3. The topological polar surface area (TPSA) is 185 Å². The number of ether oxygens (including phenoxy) is 1. The Balaban J connectivity index is 0.000000250. The first-order valence-electron chi connectivity index (χ1n) is 17.7. The van der Waals surface area contributed by atoms with Gasteiger partial charge in [0.1, 0.15) is 34.4 Å². The largest absolute Gasteiger partial charge is 0.478 e. The number of carboxylic acids is 1. The summed E-state index contributed by atoms with van der Waals surface area (Å²) < 4.78 is 33.4. The lowest BCUT2D eigenvalue weighted by Crippen LogP contribution is -2.17. The van der Waals surface area contributed by atoms with Crippen molar-refractivity contribution in [2.75, 3.05) is 24.9 Å². The van der Waals surface area contributed by atoms with E-state index in [4.69, 9.17) is 33.0 Å². The van der Waals surface area contributed by atoms with E-state index in [0.29, 0.717) is 33.1 Å². The normalized spacial score (nSPS) is 11.0. The lowest BCUT2D eigenvalue weighted by atomic mass is 9.88. The van der Waals surface area contributed by atoms with Crippen molar-refractivity contribution in [3.63, 3.8) is 0 Å². The van der Waals surface area contributed by atoms with Crippen molar-refractivity contribution in [2.45, 2.75) is 52.4 Å². The lowest BCUT2D eigenvalue weighted by Gasteiger charge is -2.23. The van der Waals surface area contributed by atoms with Crippen LogP contribution in [-0.2, 0) is 15.6 Å². The molecule has 0 saturated heterocycles. The number of nitrogens with one attached hydrogen (secondary N) is 2. The Morgan fingerprint density at radius 3 is 1.46 bits per heavy atom. The summed E-state index contributed by atoms with van der Waals surface area (Å²) in [5.41, 5.74) is 2.26. The van der Waals surface area contributed by atoms with E-state index in [-0.39, 0.29) is 44.7 Å². The van der Waals surface area contributed by atoms with Gasteiger partial charge in [0.25, 0.3) is 0 Å². The molecule has 13 nitrogen and oxygen atoms in total. The molecule has 59 heavy (non-hydrogen) atoms. The number of aromatic nitrogens is 6. The van der Waals surface area contributed by atoms with Crippen molar-refractivity contribution < 1.29 is 33.3 Å². The summed E-state index contributed by atoms with van der Waals surface area (Å²) in [4.78, 5) is 49.0. The number of hydrogen-bond donors (Lipinski definition) is 4. The lowest BCUT2D eigenvalue weighted by molar-refractivity contribution is 0.0600. The standard InChI is InChI=1S/C21H20ClFN4O2.C20H18ClFN4O2.CH4O/c1-21(2,3)15-11-25-18(13-9-12(22)5-6-16(13)23)27-19(15)26-17-7-8-24-10-14(17)20(28)29-4;1-20(2,3)14-10-24-17(12-8-11(21)4-5-15(12)22)26-18(14)25-16-6-7-23-9-13(16)19(27)28;1-2/h5-11H,1-4H3,(H,24,25,26,27);4-10H,1-3H3,(H,27,28)(H,23,24,25,26);2H,1H3. The fourth-order valence-corrected chi connectivity index (χ4v) is 5.70. The second-order valence-electron chi connectivity index (χ2n) is 14.5. The number of hydrogen-bond acceptors (Lipinski definition) is 12. The van der Waals surface area contributed by atoms with E-state index in [9.17, 15) is 23.5 Å². The second-order valence-corrected chi connectivity index (χ2v) is 15.4. The number of aliphatic hydroxyl groups excluding tert-OH is 1. The first kappa shape index (κ1) is 45.5. The second kappa shape index (κ2) is 19.5. The Labute approximate surface area is 349 Å². The summed E-state index contributed by atoms with van der Waals surface area (Å²) in [6.45, 7) is 11.9. The van der Waals surface area contributed by atoms with Crippen LogP contribution in [0.5, 0.6) is 0 Å². The minimum atomic E-state index is -1.12. The number of nitrogens with zero attached hydrogens (tertiary/aromatic N) is 6. The summed E-state index contributed by atoms with van der Waals surface area (Å²) in [5.74, 6) is -1.51. The molecule has 6 rings (SSSR count). The number of anilines is 4. The van der Waals surface area contributed by atoms with Gasteiger partial charge < -0.3 is 25.6 Å². The molecule has 4 N–H and O–H groups in total. The highest BCUT2D eigenvalue weighted by Crippen LogP contribution is 2.35. The van der Waals surface area contributed by atoms with Crippen LogP contribution in [0, 0.1) is 11.6 Å². The molecule has 0 aliphatic carbocycles. The molecular weight excluding hydrogens is 805 g/mol. The molecule has 0 aliphatic rings. The van der Waals surface area contributed by atoms with Gasteiger partial charge >= 0.3 is 11.9 Å². The number of benzene rings is 2. The van der Waals surface area contributed by atoms with Gasteiger partial charge in [-0.2, -0.15) is 0 Å². The molecule has 0 saturated carbocycles. The van der Waals surface area contributed by atoms with Crippen LogP contribution in [-0.4, -0.2) is 66.3 Å². The van der Waals surface area contributed by atoms with Crippen molar-refractivity contribution in [3.05, 3.63) is 130 Å². The number of esters is 1. The highest BCUT2D eigenvalue weighted by molar-refractivity contribution is 6.31. The fraction of sp³-hybridized carbons (Fsp3) is 0.238. The number of rotatable bonds is 8. The van der Waals surface area contributed by atoms with Crippen molar-refractivity contribution in [3.8, 4) is 22.8 Å². The first-order chi connectivity index (χ1) is 27.9. The molecule has 0 atom stereocenters. The molecule has 0 bridgehead atoms.